The summed E-state index contributed by atoms with van der Waals surface area (Å²) in [6.07, 6.45) is 15.0. The topological polar surface area (TPSA) is 0 Å². The molecule has 0 aromatic rings. The van der Waals surface area contributed by atoms with Crippen LogP contribution in [0.1, 0.15) is 91.9 Å². The Balaban J connectivity index is 1.70. The van der Waals surface area contributed by atoms with Crippen molar-refractivity contribution < 1.29 is 0 Å². The lowest BCUT2D eigenvalue weighted by atomic mass is 9.42. The van der Waals surface area contributed by atoms with E-state index in [2.05, 4.69) is 27.7 Å². The molecule has 0 radical (unpaired) electrons. The standard InChI is InChI=1S/C22H36/c1-15(2)17-8-10-19-18(17)9-11-20-21(3)13-6-5-7-16(21)12-14-22(19,20)4/h15-16,19-20H,5-14H2,1-4H3/t16-,19-,20-,21+,22+/m1/s1. The van der Waals surface area contributed by atoms with Crippen molar-refractivity contribution in [1.82, 2.24) is 0 Å². The fraction of sp³-hybridized carbons (Fsp3) is 0.909. The van der Waals surface area contributed by atoms with Gasteiger partial charge in [0.2, 0.25) is 0 Å². The average Bonchev–Trinajstić information content (AvgIpc) is 2.92. The second kappa shape index (κ2) is 5.12. The van der Waals surface area contributed by atoms with Crippen LogP contribution in [0.5, 0.6) is 0 Å². The maximum absolute atomic E-state index is 2.71. The first-order chi connectivity index (χ1) is 10.5. The van der Waals surface area contributed by atoms with E-state index in [0.29, 0.717) is 10.8 Å². The zero-order chi connectivity index (χ0) is 15.5. The van der Waals surface area contributed by atoms with E-state index < -0.39 is 0 Å². The molecule has 22 heavy (non-hydrogen) atoms. The summed E-state index contributed by atoms with van der Waals surface area (Å²) in [4.78, 5) is 0. The highest BCUT2D eigenvalue weighted by molar-refractivity contribution is 5.30. The molecule has 0 saturated heterocycles. The summed E-state index contributed by atoms with van der Waals surface area (Å²) in [7, 11) is 0. The molecule has 0 N–H and O–H groups in total. The summed E-state index contributed by atoms with van der Waals surface area (Å²) in [5, 5.41) is 0. The van der Waals surface area contributed by atoms with E-state index in [4.69, 9.17) is 0 Å². The van der Waals surface area contributed by atoms with Crippen LogP contribution in [-0.4, -0.2) is 0 Å². The van der Waals surface area contributed by atoms with Gasteiger partial charge in [-0.2, -0.15) is 0 Å². The molecule has 0 aromatic carbocycles. The fourth-order valence-electron chi connectivity index (χ4n) is 7.73. The van der Waals surface area contributed by atoms with Gasteiger partial charge in [-0.05, 0) is 85.9 Å². The Kier molecular flexibility index (Phi) is 3.55. The third-order valence-electron chi connectivity index (χ3n) is 8.80. The van der Waals surface area contributed by atoms with Crippen molar-refractivity contribution in [2.75, 3.05) is 0 Å². The van der Waals surface area contributed by atoms with Gasteiger partial charge in [-0.15, -0.1) is 0 Å². The summed E-state index contributed by atoms with van der Waals surface area (Å²) in [6.45, 7) is 10.3. The van der Waals surface area contributed by atoms with Gasteiger partial charge in [0.1, 0.15) is 0 Å². The van der Waals surface area contributed by atoms with Gasteiger partial charge in [0, 0.05) is 0 Å². The van der Waals surface area contributed by atoms with Crippen LogP contribution in [0.15, 0.2) is 11.1 Å². The van der Waals surface area contributed by atoms with Crippen molar-refractivity contribution in [1.29, 1.82) is 0 Å². The van der Waals surface area contributed by atoms with Crippen LogP contribution in [0.25, 0.3) is 0 Å². The van der Waals surface area contributed by atoms with E-state index in [-0.39, 0.29) is 0 Å². The van der Waals surface area contributed by atoms with Gasteiger partial charge in [0.15, 0.2) is 0 Å². The van der Waals surface area contributed by atoms with E-state index in [1.165, 1.54) is 64.2 Å². The minimum absolute atomic E-state index is 0.632. The molecule has 4 aliphatic carbocycles. The number of hydrogen-bond acceptors (Lipinski definition) is 0. The molecule has 0 unspecified atom stereocenters. The molecule has 4 rings (SSSR count). The maximum atomic E-state index is 2.71. The molecule has 3 fully saturated rings. The third-order valence-corrected chi connectivity index (χ3v) is 8.80. The number of fused-ring (bicyclic) bond motifs is 5. The highest BCUT2D eigenvalue weighted by Gasteiger charge is 2.59. The molecule has 0 aliphatic heterocycles. The van der Waals surface area contributed by atoms with Crippen LogP contribution < -0.4 is 0 Å². The highest BCUT2D eigenvalue weighted by atomic mass is 14.6. The second-order valence-corrected chi connectivity index (χ2v) is 9.88. The Morgan fingerprint density at radius 3 is 2.45 bits per heavy atom. The summed E-state index contributed by atoms with van der Waals surface area (Å²) >= 11 is 0. The van der Waals surface area contributed by atoms with Crippen molar-refractivity contribution in [2.24, 2.45) is 34.5 Å². The lowest BCUT2D eigenvalue weighted by Crippen LogP contribution is -2.54. The Morgan fingerprint density at radius 1 is 0.864 bits per heavy atom. The van der Waals surface area contributed by atoms with Gasteiger partial charge in [0.25, 0.3) is 0 Å². The molecule has 0 heteroatoms. The lowest BCUT2D eigenvalue weighted by Gasteiger charge is -2.62. The smallest absolute Gasteiger partial charge is 0.0141 e. The molecule has 5 atom stereocenters. The maximum Gasteiger partial charge on any atom is -0.0141 e. The van der Waals surface area contributed by atoms with Gasteiger partial charge >= 0.3 is 0 Å². The molecule has 0 amide bonds. The molecular weight excluding hydrogens is 264 g/mol. The zero-order valence-electron chi connectivity index (χ0n) is 15.4. The molecule has 0 heterocycles. The largest absolute Gasteiger partial charge is 0.0681 e. The Morgan fingerprint density at radius 2 is 1.68 bits per heavy atom. The van der Waals surface area contributed by atoms with Crippen LogP contribution in [0.3, 0.4) is 0 Å². The van der Waals surface area contributed by atoms with Crippen LogP contribution in [-0.2, 0) is 0 Å². The first-order valence-corrected chi connectivity index (χ1v) is 10.2. The lowest BCUT2D eigenvalue weighted by molar-refractivity contribution is -0.114. The monoisotopic (exact) mass is 300 g/mol. The van der Waals surface area contributed by atoms with Crippen molar-refractivity contribution in [3.05, 3.63) is 11.1 Å². The summed E-state index contributed by atoms with van der Waals surface area (Å²) in [5.41, 5.74) is 5.11. The van der Waals surface area contributed by atoms with Crippen LogP contribution in [0.4, 0.5) is 0 Å². The van der Waals surface area contributed by atoms with Crippen LogP contribution >= 0.6 is 0 Å². The predicted molar refractivity (Wildman–Crippen MR) is 94.7 cm³/mol. The first-order valence-electron chi connectivity index (χ1n) is 10.2. The van der Waals surface area contributed by atoms with Gasteiger partial charge < -0.3 is 0 Å². The predicted octanol–water partition coefficient (Wildman–Crippen LogP) is 6.76. The fourth-order valence-corrected chi connectivity index (χ4v) is 7.73. The van der Waals surface area contributed by atoms with Gasteiger partial charge in [0.05, 0.1) is 0 Å². The van der Waals surface area contributed by atoms with Gasteiger partial charge in [-0.3, -0.25) is 0 Å². The number of rotatable bonds is 1. The minimum Gasteiger partial charge on any atom is -0.0681 e. The molecule has 0 bridgehead atoms. The Labute approximate surface area is 138 Å². The van der Waals surface area contributed by atoms with Crippen molar-refractivity contribution in [3.8, 4) is 0 Å². The zero-order valence-corrected chi connectivity index (χ0v) is 15.4. The first kappa shape index (κ1) is 15.3. The minimum atomic E-state index is 0.632. The average molecular weight is 301 g/mol. The Bertz CT molecular complexity index is 484. The normalized spacial score (nSPS) is 48.1. The molecule has 4 aliphatic rings. The summed E-state index contributed by atoms with van der Waals surface area (Å²) < 4.78 is 0. The van der Waals surface area contributed by atoms with Crippen LogP contribution in [0.2, 0.25) is 0 Å². The van der Waals surface area contributed by atoms with Crippen molar-refractivity contribution >= 4 is 0 Å². The van der Waals surface area contributed by atoms with E-state index in [0.717, 1.165) is 23.7 Å². The van der Waals surface area contributed by atoms with E-state index >= 15 is 0 Å². The SMILES string of the molecule is CC(C)C1=C2CC[C@@H]3[C@@]4(C)CCCC[C@@H]4CC[C@@]3(C)[C@@H]2CC1. The van der Waals surface area contributed by atoms with Crippen molar-refractivity contribution in [2.45, 2.75) is 91.9 Å². The summed E-state index contributed by atoms with van der Waals surface area (Å²) in [5.74, 6) is 3.81. The van der Waals surface area contributed by atoms with E-state index in [1.54, 1.807) is 0 Å². The summed E-state index contributed by atoms with van der Waals surface area (Å²) in [6, 6.07) is 0. The molecular formula is C22H36. The third kappa shape index (κ3) is 1.94. The second-order valence-electron chi connectivity index (χ2n) is 9.88. The van der Waals surface area contributed by atoms with Crippen LogP contribution in [0, 0.1) is 34.5 Å². The van der Waals surface area contributed by atoms with Crippen molar-refractivity contribution in [3.63, 3.8) is 0 Å². The quantitative estimate of drug-likeness (QED) is 0.469. The number of allylic oxidation sites excluding steroid dienone is 2. The molecule has 0 nitrogen and oxygen atoms in total. The van der Waals surface area contributed by atoms with E-state index in [9.17, 15) is 0 Å². The Hall–Kier alpha value is -0.260. The molecule has 0 aromatic heterocycles. The number of hydrogen-bond donors (Lipinski definition) is 0. The molecule has 124 valence electrons. The molecule has 0 spiro atoms. The molecule has 3 saturated carbocycles. The van der Waals surface area contributed by atoms with E-state index in [1.807, 2.05) is 11.1 Å². The highest BCUT2D eigenvalue weighted by Crippen LogP contribution is 2.68. The van der Waals surface area contributed by atoms with Gasteiger partial charge in [-0.1, -0.05) is 51.7 Å². The van der Waals surface area contributed by atoms with Gasteiger partial charge in [-0.25, -0.2) is 0 Å².